The molecule has 0 bridgehead atoms. The van der Waals surface area contributed by atoms with Gasteiger partial charge in [0.2, 0.25) is 0 Å². The topological polar surface area (TPSA) is 3.24 Å². The lowest BCUT2D eigenvalue weighted by Gasteiger charge is -2.12. The van der Waals surface area contributed by atoms with Gasteiger partial charge in [0.05, 0.1) is 6.54 Å². The van der Waals surface area contributed by atoms with Crippen LogP contribution < -0.4 is 0 Å². The highest BCUT2D eigenvalue weighted by atomic mass is 79.9. The predicted molar refractivity (Wildman–Crippen MR) is 63.9 cm³/mol. The predicted octanol–water partition coefficient (Wildman–Crippen LogP) is 2.90. The first kappa shape index (κ1) is 11.3. The molecule has 0 radical (unpaired) electrons. The number of nitrogens with zero attached hydrogens (tertiary/aromatic N) is 1. The molecule has 0 N–H and O–H groups in total. The first-order valence-electron chi connectivity index (χ1n) is 4.55. The number of hydrogen-bond acceptors (Lipinski definition) is 1. The Morgan fingerprint density at radius 3 is 2.50 bits per heavy atom. The van der Waals surface area contributed by atoms with Crippen LogP contribution in [0.2, 0.25) is 0 Å². The zero-order valence-corrected chi connectivity index (χ0v) is 10.1. The van der Waals surface area contributed by atoms with Crippen LogP contribution in [0.15, 0.2) is 28.7 Å². The van der Waals surface area contributed by atoms with Gasteiger partial charge in [-0.15, -0.1) is 5.92 Å². The monoisotopic (exact) mass is 251 g/mol. The van der Waals surface area contributed by atoms with E-state index >= 15 is 0 Å². The fourth-order valence-electron chi connectivity index (χ4n) is 1.17. The Morgan fingerprint density at radius 2 is 1.93 bits per heavy atom. The number of halogens is 1. The van der Waals surface area contributed by atoms with Crippen LogP contribution >= 0.6 is 15.9 Å². The average molecular weight is 252 g/mol. The molecule has 0 saturated carbocycles. The standard InChI is InChI=1S/C12H14BrN/c1-3-4-9-14(2)10-11-5-7-12(13)8-6-11/h5-8H,9-10H2,1-2H3. The van der Waals surface area contributed by atoms with Gasteiger partial charge in [0.15, 0.2) is 0 Å². The maximum atomic E-state index is 3.42. The largest absolute Gasteiger partial charge is 0.291 e. The fraction of sp³-hybridized carbons (Fsp3) is 0.333. The van der Waals surface area contributed by atoms with Crippen LogP contribution in [-0.2, 0) is 6.54 Å². The molecular formula is C12H14BrN. The van der Waals surface area contributed by atoms with Crippen LogP contribution in [-0.4, -0.2) is 18.5 Å². The molecule has 0 aliphatic carbocycles. The molecule has 0 atom stereocenters. The molecule has 1 rings (SSSR count). The van der Waals surface area contributed by atoms with E-state index < -0.39 is 0 Å². The van der Waals surface area contributed by atoms with Crippen molar-refractivity contribution in [1.82, 2.24) is 4.90 Å². The fourth-order valence-corrected chi connectivity index (χ4v) is 1.44. The van der Waals surface area contributed by atoms with Crippen molar-refractivity contribution >= 4 is 15.9 Å². The van der Waals surface area contributed by atoms with Gasteiger partial charge in [-0.1, -0.05) is 34.0 Å². The Hall–Kier alpha value is -0.780. The van der Waals surface area contributed by atoms with Gasteiger partial charge in [0.25, 0.3) is 0 Å². The van der Waals surface area contributed by atoms with Gasteiger partial charge < -0.3 is 0 Å². The van der Waals surface area contributed by atoms with Crippen molar-refractivity contribution in [1.29, 1.82) is 0 Å². The molecular weight excluding hydrogens is 238 g/mol. The van der Waals surface area contributed by atoms with E-state index in [1.165, 1.54) is 5.56 Å². The Kier molecular flexibility index (Phi) is 4.72. The molecule has 0 fully saturated rings. The van der Waals surface area contributed by atoms with E-state index in [4.69, 9.17) is 0 Å². The lowest BCUT2D eigenvalue weighted by atomic mass is 10.2. The van der Waals surface area contributed by atoms with Crippen molar-refractivity contribution in [2.75, 3.05) is 13.6 Å². The molecule has 0 heterocycles. The van der Waals surface area contributed by atoms with Crippen molar-refractivity contribution in [2.24, 2.45) is 0 Å². The molecule has 0 amide bonds. The minimum absolute atomic E-state index is 0.826. The maximum Gasteiger partial charge on any atom is 0.0601 e. The van der Waals surface area contributed by atoms with Gasteiger partial charge in [0, 0.05) is 11.0 Å². The van der Waals surface area contributed by atoms with Gasteiger partial charge in [-0.3, -0.25) is 4.90 Å². The number of hydrogen-bond donors (Lipinski definition) is 0. The third-order valence-electron chi connectivity index (χ3n) is 1.89. The molecule has 0 spiro atoms. The summed E-state index contributed by atoms with van der Waals surface area (Å²) in [7, 11) is 2.08. The molecule has 1 aromatic rings. The molecule has 1 aromatic carbocycles. The Morgan fingerprint density at radius 1 is 1.29 bits per heavy atom. The normalized spacial score (nSPS) is 9.71. The van der Waals surface area contributed by atoms with Gasteiger partial charge >= 0.3 is 0 Å². The zero-order chi connectivity index (χ0) is 10.4. The van der Waals surface area contributed by atoms with Crippen LogP contribution in [0.3, 0.4) is 0 Å². The summed E-state index contributed by atoms with van der Waals surface area (Å²) in [6.07, 6.45) is 0. The summed E-state index contributed by atoms with van der Waals surface area (Å²) in [5.74, 6) is 5.94. The second-order valence-corrected chi connectivity index (χ2v) is 4.14. The van der Waals surface area contributed by atoms with E-state index in [1.807, 2.05) is 6.92 Å². The van der Waals surface area contributed by atoms with Gasteiger partial charge in [0.1, 0.15) is 0 Å². The summed E-state index contributed by atoms with van der Waals surface area (Å²) in [5.41, 5.74) is 1.31. The van der Waals surface area contributed by atoms with Crippen molar-refractivity contribution in [3.05, 3.63) is 34.3 Å². The first-order valence-corrected chi connectivity index (χ1v) is 5.34. The zero-order valence-electron chi connectivity index (χ0n) is 8.55. The maximum absolute atomic E-state index is 3.42. The van der Waals surface area contributed by atoms with Crippen LogP contribution in [0.1, 0.15) is 12.5 Å². The van der Waals surface area contributed by atoms with E-state index in [-0.39, 0.29) is 0 Å². The Labute approximate surface area is 94.2 Å². The Balaban J connectivity index is 2.50. The summed E-state index contributed by atoms with van der Waals surface area (Å²) in [6, 6.07) is 8.38. The van der Waals surface area contributed by atoms with Crippen LogP contribution in [0, 0.1) is 11.8 Å². The Bertz CT molecular complexity index is 332. The lowest BCUT2D eigenvalue weighted by Crippen LogP contribution is -2.17. The van der Waals surface area contributed by atoms with E-state index in [1.54, 1.807) is 0 Å². The van der Waals surface area contributed by atoms with E-state index in [0.29, 0.717) is 0 Å². The minimum atomic E-state index is 0.826. The molecule has 74 valence electrons. The molecule has 2 heteroatoms. The lowest BCUT2D eigenvalue weighted by molar-refractivity contribution is 0.369. The highest BCUT2D eigenvalue weighted by Gasteiger charge is 1.97. The molecule has 1 nitrogen and oxygen atoms in total. The van der Waals surface area contributed by atoms with E-state index in [2.05, 4.69) is 64.0 Å². The first-order chi connectivity index (χ1) is 6.72. The third kappa shape index (κ3) is 3.95. The smallest absolute Gasteiger partial charge is 0.0601 e. The molecule has 0 aliphatic heterocycles. The molecule has 0 unspecified atom stereocenters. The third-order valence-corrected chi connectivity index (χ3v) is 2.42. The summed E-state index contributed by atoms with van der Waals surface area (Å²) < 4.78 is 1.12. The van der Waals surface area contributed by atoms with Crippen LogP contribution in [0.5, 0.6) is 0 Å². The SMILES string of the molecule is CC#CCN(C)Cc1ccc(Br)cc1. The van der Waals surface area contributed by atoms with Crippen molar-refractivity contribution in [3.63, 3.8) is 0 Å². The second-order valence-electron chi connectivity index (χ2n) is 3.23. The van der Waals surface area contributed by atoms with Crippen molar-refractivity contribution < 1.29 is 0 Å². The average Bonchev–Trinajstić information content (AvgIpc) is 2.18. The summed E-state index contributed by atoms with van der Waals surface area (Å²) in [6.45, 7) is 3.64. The quantitative estimate of drug-likeness (QED) is 0.747. The van der Waals surface area contributed by atoms with Crippen molar-refractivity contribution in [2.45, 2.75) is 13.5 Å². The van der Waals surface area contributed by atoms with Gasteiger partial charge in [-0.05, 0) is 31.7 Å². The highest BCUT2D eigenvalue weighted by molar-refractivity contribution is 9.10. The summed E-state index contributed by atoms with van der Waals surface area (Å²) >= 11 is 3.42. The number of benzene rings is 1. The van der Waals surface area contributed by atoms with E-state index in [9.17, 15) is 0 Å². The van der Waals surface area contributed by atoms with Crippen molar-refractivity contribution in [3.8, 4) is 11.8 Å². The van der Waals surface area contributed by atoms with E-state index in [0.717, 1.165) is 17.6 Å². The highest BCUT2D eigenvalue weighted by Crippen LogP contribution is 2.11. The van der Waals surface area contributed by atoms with Gasteiger partial charge in [-0.2, -0.15) is 0 Å². The van der Waals surface area contributed by atoms with Crippen LogP contribution in [0.25, 0.3) is 0 Å². The summed E-state index contributed by atoms with van der Waals surface area (Å²) in [5, 5.41) is 0. The molecule has 0 saturated heterocycles. The molecule has 14 heavy (non-hydrogen) atoms. The molecule has 0 aromatic heterocycles. The van der Waals surface area contributed by atoms with Gasteiger partial charge in [-0.25, -0.2) is 0 Å². The number of rotatable bonds is 3. The summed E-state index contributed by atoms with van der Waals surface area (Å²) in [4.78, 5) is 2.19. The minimum Gasteiger partial charge on any atom is -0.291 e. The second kappa shape index (κ2) is 5.85. The molecule has 0 aliphatic rings. The van der Waals surface area contributed by atoms with Crippen LogP contribution in [0.4, 0.5) is 0 Å².